The number of amides is 3. The van der Waals surface area contributed by atoms with Crippen molar-refractivity contribution in [2.24, 2.45) is 0 Å². The van der Waals surface area contributed by atoms with E-state index in [4.69, 9.17) is 4.74 Å². The first-order valence-corrected chi connectivity index (χ1v) is 8.99. The standard InChI is InChI=1S/C21H27N3O3/c1-16-8-4-5-11-20(16)27-13-7-12-24(3)21(26)22-15-18-9-6-10-19(14-18)23-17(2)25/h4-6,8-11,14H,7,12-13,15H2,1-3H3,(H,22,26)(H,23,25). The Kier molecular flexibility index (Phi) is 7.67. The number of para-hydroxylation sites is 1. The molecule has 27 heavy (non-hydrogen) atoms. The molecule has 144 valence electrons. The lowest BCUT2D eigenvalue weighted by Crippen LogP contribution is -2.37. The lowest BCUT2D eigenvalue weighted by atomic mass is 10.2. The van der Waals surface area contributed by atoms with Crippen molar-refractivity contribution in [3.05, 3.63) is 59.7 Å². The average Bonchev–Trinajstić information content (AvgIpc) is 2.64. The van der Waals surface area contributed by atoms with Crippen LogP contribution in [0.25, 0.3) is 0 Å². The molecule has 0 bridgehead atoms. The lowest BCUT2D eigenvalue weighted by molar-refractivity contribution is -0.114. The molecule has 0 saturated heterocycles. The molecule has 2 aromatic rings. The highest BCUT2D eigenvalue weighted by Crippen LogP contribution is 2.16. The number of hydrogen-bond acceptors (Lipinski definition) is 3. The highest BCUT2D eigenvalue weighted by atomic mass is 16.5. The number of benzene rings is 2. The molecular formula is C21H27N3O3. The summed E-state index contributed by atoms with van der Waals surface area (Å²) in [7, 11) is 1.76. The summed E-state index contributed by atoms with van der Waals surface area (Å²) in [5.41, 5.74) is 2.74. The molecule has 0 saturated carbocycles. The van der Waals surface area contributed by atoms with Gasteiger partial charge in [-0.2, -0.15) is 0 Å². The Morgan fingerprint density at radius 2 is 1.89 bits per heavy atom. The van der Waals surface area contributed by atoms with Crippen LogP contribution in [0.15, 0.2) is 48.5 Å². The van der Waals surface area contributed by atoms with Gasteiger partial charge in [0, 0.05) is 32.7 Å². The van der Waals surface area contributed by atoms with E-state index in [1.54, 1.807) is 11.9 Å². The summed E-state index contributed by atoms with van der Waals surface area (Å²) >= 11 is 0. The van der Waals surface area contributed by atoms with Gasteiger partial charge in [0.15, 0.2) is 0 Å². The SMILES string of the molecule is CC(=O)Nc1cccc(CNC(=O)N(C)CCCOc2ccccc2C)c1. The van der Waals surface area contributed by atoms with E-state index in [1.807, 2.05) is 55.5 Å². The van der Waals surface area contributed by atoms with Crippen LogP contribution in [0.4, 0.5) is 10.5 Å². The maximum Gasteiger partial charge on any atom is 0.317 e. The van der Waals surface area contributed by atoms with Crippen LogP contribution in [0.2, 0.25) is 0 Å². The number of aryl methyl sites for hydroxylation is 1. The van der Waals surface area contributed by atoms with E-state index >= 15 is 0 Å². The Morgan fingerprint density at radius 1 is 1.11 bits per heavy atom. The summed E-state index contributed by atoms with van der Waals surface area (Å²) in [4.78, 5) is 25.0. The number of urea groups is 1. The molecule has 0 aromatic heterocycles. The van der Waals surface area contributed by atoms with Crippen LogP contribution in [0.1, 0.15) is 24.5 Å². The van der Waals surface area contributed by atoms with Crippen LogP contribution >= 0.6 is 0 Å². The summed E-state index contributed by atoms with van der Waals surface area (Å²) in [5.74, 6) is 0.757. The van der Waals surface area contributed by atoms with Crippen molar-refractivity contribution in [2.75, 3.05) is 25.5 Å². The van der Waals surface area contributed by atoms with Gasteiger partial charge >= 0.3 is 6.03 Å². The summed E-state index contributed by atoms with van der Waals surface area (Å²) in [6.07, 6.45) is 0.746. The smallest absolute Gasteiger partial charge is 0.317 e. The van der Waals surface area contributed by atoms with Crippen molar-refractivity contribution >= 4 is 17.6 Å². The second-order valence-electron chi connectivity index (χ2n) is 6.43. The van der Waals surface area contributed by atoms with Gasteiger partial charge in [-0.05, 0) is 42.7 Å². The summed E-state index contributed by atoms with van der Waals surface area (Å²) in [5, 5.41) is 5.61. The van der Waals surface area contributed by atoms with E-state index in [0.717, 1.165) is 29.0 Å². The predicted molar refractivity (Wildman–Crippen MR) is 107 cm³/mol. The molecule has 0 atom stereocenters. The van der Waals surface area contributed by atoms with E-state index in [2.05, 4.69) is 10.6 Å². The molecule has 0 aliphatic rings. The Labute approximate surface area is 160 Å². The first-order chi connectivity index (χ1) is 13.0. The Hall–Kier alpha value is -3.02. The molecule has 0 fully saturated rings. The van der Waals surface area contributed by atoms with Gasteiger partial charge in [0.1, 0.15) is 5.75 Å². The number of carbonyl (C=O) groups is 2. The van der Waals surface area contributed by atoms with Gasteiger partial charge in [0.25, 0.3) is 0 Å². The molecule has 6 heteroatoms. The quantitative estimate of drug-likeness (QED) is 0.699. The Morgan fingerprint density at radius 3 is 2.63 bits per heavy atom. The minimum atomic E-state index is -0.143. The molecule has 3 amide bonds. The molecule has 6 nitrogen and oxygen atoms in total. The summed E-state index contributed by atoms with van der Waals surface area (Å²) < 4.78 is 5.75. The summed E-state index contributed by atoms with van der Waals surface area (Å²) in [6, 6.07) is 15.1. The third-order valence-electron chi connectivity index (χ3n) is 4.03. The first-order valence-electron chi connectivity index (χ1n) is 8.99. The topological polar surface area (TPSA) is 70.7 Å². The Bertz CT molecular complexity index is 777. The molecule has 2 N–H and O–H groups in total. The van der Waals surface area contributed by atoms with Crippen molar-refractivity contribution in [3.63, 3.8) is 0 Å². The molecule has 0 aliphatic heterocycles. The minimum Gasteiger partial charge on any atom is -0.493 e. The van der Waals surface area contributed by atoms with E-state index < -0.39 is 0 Å². The zero-order valence-electron chi connectivity index (χ0n) is 16.1. The van der Waals surface area contributed by atoms with Gasteiger partial charge in [-0.25, -0.2) is 4.79 Å². The fourth-order valence-electron chi connectivity index (χ4n) is 2.58. The number of nitrogens with one attached hydrogen (secondary N) is 2. The van der Waals surface area contributed by atoms with Crippen LogP contribution in [0.3, 0.4) is 0 Å². The second-order valence-corrected chi connectivity index (χ2v) is 6.43. The number of nitrogens with zero attached hydrogens (tertiary/aromatic N) is 1. The van der Waals surface area contributed by atoms with Crippen LogP contribution < -0.4 is 15.4 Å². The van der Waals surface area contributed by atoms with Gasteiger partial charge in [0.05, 0.1) is 6.61 Å². The van der Waals surface area contributed by atoms with Gasteiger partial charge in [0.2, 0.25) is 5.91 Å². The van der Waals surface area contributed by atoms with Gasteiger partial charge in [-0.15, -0.1) is 0 Å². The molecule has 0 radical (unpaired) electrons. The first kappa shape index (κ1) is 20.3. The van der Waals surface area contributed by atoms with Gasteiger partial charge in [-0.1, -0.05) is 30.3 Å². The third kappa shape index (κ3) is 7.01. The van der Waals surface area contributed by atoms with Crippen LogP contribution in [-0.4, -0.2) is 37.0 Å². The van der Waals surface area contributed by atoms with Crippen LogP contribution in [-0.2, 0) is 11.3 Å². The van der Waals surface area contributed by atoms with Gasteiger partial charge in [-0.3, -0.25) is 4.79 Å². The maximum absolute atomic E-state index is 12.2. The zero-order chi connectivity index (χ0) is 19.6. The molecule has 0 spiro atoms. The van der Waals surface area contributed by atoms with Crippen LogP contribution in [0.5, 0.6) is 5.75 Å². The number of anilines is 1. The molecule has 0 heterocycles. The van der Waals surface area contributed by atoms with Gasteiger partial charge < -0.3 is 20.3 Å². The van der Waals surface area contributed by atoms with E-state index in [1.165, 1.54) is 6.92 Å². The van der Waals surface area contributed by atoms with Crippen molar-refractivity contribution in [1.29, 1.82) is 0 Å². The minimum absolute atomic E-state index is 0.121. The molecular weight excluding hydrogens is 342 g/mol. The van der Waals surface area contributed by atoms with E-state index in [0.29, 0.717) is 19.7 Å². The van der Waals surface area contributed by atoms with Crippen LogP contribution in [0, 0.1) is 6.92 Å². The highest BCUT2D eigenvalue weighted by molar-refractivity contribution is 5.88. The maximum atomic E-state index is 12.2. The average molecular weight is 369 g/mol. The lowest BCUT2D eigenvalue weighted by Gasteiger charge is -2.18. The largest absolute Gasteiger partial charge is 0.493 e. The summed E-state index contributed by atoms with van der Waals surface area (Å²) in [6.45, 7) is 5.03. The van der Waals surface area contributed by atoms with Crippen molar-refractivity contribution in [3.8, 4) is 5.75 Å². The highest BCUT2D eigenvalue weighted by Gasteiger charge is 2.08. The number of rotatable bonds is 8. The van der Waals surface area contributed by atoms with Crippen molar-refractivity contribution in [1.82, 2.24) is 10.2 Å². The van der Waals surface area contributed by atoms with E-state index in [-0.39, 0.29) is 11.9 Å². The fraction of sp³-hybridized carbons (Fsp3) is 0.333. The number of carbonyl (C=O) groups excluding carboxylic acids is 2. The molecule has 2 aromatic carbocycles. The zero-order valence-corrected chi connectivity index (χ0v) is 16.1. The molecule has 0 aliphatic carbocycles. The van der Waals surface area contributed by atoms with Crippen molar-refractivity contribution in [2.45, 2.75) is 26.8 Å². The fourth-order valence-corrected chi connectivity index (χ4v) is 2.58. The second kappa shape index (κ2) is 10.2. The molecule has 0 unspecified atom stereocenters. The van der Waals surface area contributed by atoms with Crippen molar-refractivity contribution < 1.29 is 14.3 Å². The Balaban J connectivity index is 1.71. The van der Waals surface area contributed by atoms with E-state index in [9.17, 15) is 9.59 Å². The predicted octanol–water partition coefficient (Wildman–Crippen LogP) is 3.56. The third-order valence-corrected chi connectivity index (χ3v) is 4.03. The molecule has 2 rings (SSSR count). The number of ether oxygens (including phenoxy) is 1. The number of hydrogen-bond donors (Lipinski definition) is 2. The monoisotopic (exact) mass is 369 g/mol. The normalized spacial score (nSPS) is 10.2.